The molecule has 4 aliphatic rings. The first-order chi connectivity index (χ1) is 36.6. The second-order valence-corrected chi connectivity index (χ2v) is 65.1. The van der Waals surface area contributed by atoms with E-state index in [2.05, 4.69) is 215 Å². The fourth-order valence-electron chi connectivity index (χ4n) is 12.7. The molecule has 4 atom stereocenters. The zero-order valence-electron chi connectivity index (χ0n) is 55.9. The minimum Gasteiger partial charge on any atom is -1.00 e. The Kier molecular flexibility index (Phi) is 33.9. The predicted molar refractivity (Wildman–Crippen MR) is 367 cm³/mol. The quantitative estimate of drug-likeness (QED) is 0.0482. The van der Waals surface area contributed by atoms with Crippen molar-refractivity contribution < 1.29 is 79.7 Å². The zero-order chi connectivity index (χ0) is 59.8. The Hall–Kier alpha value is 1.45. The van der Waals surface area contributed by atoms with Gasteiger partial charge in [-0.05, 0) is 219 Å². The number of halogens is 3. The maximum Gasteiger partial charge on any atom is 1.00 e. The van der Waals surface area contributed by atoms with Crippen LogP contribution in [0.2, 0.25) is 90.7 Å². The van der Waals surface area contributed by atoms with Crippen LogP contribution in [0.3, 0.4) is 0 Å². The van der Waals surface area contributed by atoms with Gasteiger partial charge in [-0.15, -0.1) is 0 Å². The number of hydrogen-bond donors (Lipinski definition) is 1. The minimum atomic E-state index is -2.56. The molecule has 0 aromatic heterocycles. The molecule has 2 aliphatic carbocycles. The fraction of sp³-hybridized carbons (Fsp3) is 0.742. The van der Waals surface area contributed by atoms with Crippen molar-refractivity contribution >= 4 is 88.6 Å². The van der Waals surface area contributed by atoms with Crippen LogP contribution in [0.5, 0.6) is 23.0 Å². The van der Waals surface area contributed by atoms with Crippen LogP contribution in [0.15, 0.2) is 47.6 Å². The van der Waals surface area contributed by atoms with Gasteiger partial charge in [0.2, 0.25) is 0 Å². The van der Waals surface area contributed by atoms with Crippen molar-refractivity contribution in [3.63, 3.8) is 0 Å². The Balaban J connectivity index is 0.000000648. The van der Waals surface area contributed by atoms with Gasteiger partial charge in [-0.3, -0.25) is 0 Å². The van der Waals surface area contributed by atoms with E-state index in [0.717, 1.165) is 61.3 Å². The van der Waals surface area contributed by atoms with Gasteiger partial charge >= 0.3 is 106 Å². The minimum absolute atomic E-state index is 0. The topological polar surface area (TPSA) is 84.8 Å². The first kappa shape index (κ1) is 77.5. The third kappa shape index (κ3) is 25.9. The number of aromatic hydroxyl groups is 1. The van der Waals surface area contributed by atoms with Crippen LogP contribution in [0.4, 0.5) is 0 Å². The summed E-state index contributed by atoms with van der Waals surface area (Å²) in [7, 11) is -10.6. The monoisotopic (exact) mass is 1560 g/mol. The summed E-state index contributed by atoms with van der Waals surface area (Å²) in [5.74, 6) is 4.79. The van der Waals surface area contributed by atoms with Gasteiger partial charge in [0, 0.05) is 34.8 Å². The molecule has 2 aromatic carbocycles. The number of phenolic OH excluding ortho intramolecular Hbond substituents is 1. The Morgan fingerprint density at radius 1 is 0.600 bits per heavy atom. The number of rotatable bonds is 24. The summed E-state index contributed by atoms with van der Waals surface area (Å²) in [5, 5.41) is 10.7. The number of unbranched alkanes of at least 4 members (excludes halogenated alkanes) is 6. The van der Waals surface area contributed by atoms with Crippen molar-refractivity contribution in [2.45, 2.75) is 286 Å². The van der Waals surface area contributed by atoms with Crippen molar-refractivity contribution in [1.82, 2.24) is 0 Å². The zero-order valence-corrected chi connectivity index (χ0v) is 69.4. The smallest absolute Gasteiger partial charge is 1.00 e. The van der Waals surface area contributed by atoms with Gasteiger partial charge in [-0.1, -0.05) is 102 Å². The Morgan fingerprint density at radius 2 is 1.00 bits per heavy atom. The van der Waals surface area contributed by atoms with Crippen LogP contribution in [0.25, 0.3) is 0 Å². The maximum absolute atomic E-state index is 10.7. The van der Waals surface area contributed by atoms with Crippen LogP contribution < -0.4 is 56.7 Å². The molecule has 18 heteroatoms. The van der Waals surface area contributed by atoms with Crippen LogP contribution in [-0.4, -0.2) is 67.7 Å². The number of benzene rings is 2. The molecule has 457 valence electrons. The average molecular weight is 1560 g/mol. The average Bonchev–Trinajstić information content (AvgIpc) is 3.28. The molecule has 1 N–H and O–H groups in total. The third-order valence-electron chi connectivity index (χ3n) is 15.8. The first-order valence-electron chi connectivity index (χ1n) is 30.5. The third-order valence-corrected chi connectivity index (χ3v) is 35.5. The molecule has 0 spiro atoms. The molecule has 2 aliphatic heterocycles. The molecule has 8 nitrogen and oxygen atoms in total. The SMILES string of the molecule is CCCCCc1cc(O)c2c(c1)OC(C)(C)[C@@H]1CCC(C)=C[C@@H]21.CCCCCc1cc2c(c(O[Si](C)(C)O[Si](C)(C)O[Si](C)(C)CCCC)c1)[C@@H]1C=C(C)CC[C@H]1C(C)(C)O2.CCCC[Si](C)(C)O[Si](C)(C)O[Si](C)C.I[I-]I.[H-].[Na+]. The van der Waals surface area contributed by atoms with E-state index in [4.69, 9.17) is 30.4 Å². The Labute approximate surface area is 552 Å². The molecular formula is C62H114I3NaO8Si6-. The molecule has 2 aromatic rings. The molecule has 0 amide bonds. The van der Waals surface area contributed by atoms with Gasteiger partial charge in [0.15, 0.2) is 25.7 Å². The molecule has 1 radical (unpaired) electrons. The Morgan fingerprint density at radius 3 is 1.43 bits per heavy atom. The summed E-state index contributed by atoms with van der Waals surface area (Å²) in [6.07, 6.45) is 23.7. The van der Waals surface area contributed by atoms with E-state index in [1.54, 1.807) is 0 Å². The normalized spacial score (nSPS) is 20.2. The number of hydrogen-bond acceptors (Lipinski definition) is 8. The number of phenols is 1. The molecule has 0 fully saturated rings. The van der Waals surface area contributed by atoms with Crippen molar-refractivity contribution in [1.29, 1.82) is 0 Å². The number of allylic oxidation sites excluding steroid dienone is 4. The summed E-state index contributed by atoms with van der Waals surface area (Å²) in [6.45, 7) is 49.2. The van der Waals surface area contributed by atoms with Crippen molar-refractivity contribution in [3.05, 3.63) is 69.8 Å². The molecular weight excluding hydrogens is 1440 g/mol. The second kappa shape index (κ2) is 35.0. The van der Waals surface area contributed by atoms with Crippen molar-refractivity contribution in [2.75, 3.05) is 0 Å². The number of ether oxygens (including phenoxy) is 2. The van der Waals surface area contributed by atoms with Crippen molar-refractivity contribution in [3.8, 4) is 23.0 Å². The first-order valence-corrected chi connectivity index (χ1v) is 60.2. The van der Waals surface area contributed by atoms with Crippen LogP contribution in [0, 0.1) is 11.8 Å². The molecule has 80 heavy (non-hydrogen) atoms. The molecule has 6 rings (SSSR count). The van der Waals surface area contributed by atoms with E-state index in [9.17, 15) is 5.11 Å². The molecule has 0 bridgehead atoms. The summed E-state index contributed by atoms with van der Waals surface area (Å²) < 4.78 is 46.2. The van der Waals surface area contributed by atoms with E-state index in [1.807, 2.05) is 6.07 Å². The van der Waals surface area contributed by atoms with Gasteiger partial charge in [-0.25, -0.2) is 0 Å². The number of fused-ring (bicyclic) bond motifs is 6. The maximum atomic E-state index is 10.7. The molecule has 0 saturated carbocycles. The van der Waals surface area contributed by atoms with Crippen LogP contribution in [-0.2, 0) is 29.3 Å². The van der Waals surface area contributed by atoms with E-state index in [0.29, 0.717) is 36.8 Å². The number of aryl methyl sites for hydroxylation is 2. The molecule has 2 heterocycles. The van der Waals surface area contributed by atoms with E-state index >= 15 is 0 Å². The van der Waals surface area contributed by atoms with E-state index < -0.39 is 51.4 Å². The predicted octanol–water partition coefficient (Wildman–Crippen LogP) is 15.5. The standard InChI is InChI=1S/C31H56O4Si3.C21H30O2.C10H27O2Si3.I3.Na.H/c1-12-14-16-17-25-22-28-30(26-21-24(3)18-19-27(26)31(4,5)32-28)29(23-25)33-37(8,9)35-38(10,11)34-36(6,7)20-15-13-2;1-5-6-7-8-15-12-18(22)20-16-11-14(2)9-10-17(16)21(3,4)23-19(20)13-15;1-8-9-10-14(4,5)12-15(6,7)11-13(2)3;1-3-2;;/h21-23,26-27H,12-20H2,1-11H3;11-13,16-17,22H,5-10H2,1-4H3;8-10H2,1-7H3;;;/q;;;-1;+1;-1/t26-,27-;16-,17-;;;;/m11..../s1. The van der Waals surface area contributed by atoms with Crippen LogP contribution in [0.1, 0.15) is 195 Å². The van der Waals surface area contributed by atoms with Gasteiger partial charge in [0.1, 0.15) is 34.2 Å². The van der Waals surface area contributed by atoms with E-state index in [-0.39, 0.29) is 48.1 Å². The van der Waals surface area contributed by atoms with Gasteiger partial charge < -0.3 is 36.9 Å². The summed E-state index contributed by atoms with van der Waals surface area (Å²) >= 11 is 5.30. The van der Waals surface area contributed by atoms with Gasteiger partial charge in [0.05, 0.1) is 0 Å². The van der Waals surface area contributed by atoms with Crippen LogP contribution >= 0.6 is 37.2 Å². The molecule has 0 saturated heterocycles. The summed E-state index contributed by atoms with van der Waals surface area (Å²) in [5.41, 5.74) is 7.27. The van der Waals surface area contributed by atoms with Gasteiger partial charge in [-0.2, -0.15) is 0 Å². The largest absolute Gasteiger partial charge is 1.00 e. The summed E-state index contributed by atoms with van der Waals surface area (Å²) in [4.78, 5) is 0. The second-order valence-electron chi connectivity index (χ2n) is 27.1. The fourth-order valence-corrected chi connectivity index (χ4v) is 37.2. The molecule has 0 unspecified atom stereocenters. The summed E-state index contributed by atoms with van der Waals surface area (Å²) in [6, 6.07) is 11.2. The van der Waals surface area contributed by atoms with Crippen molar-refractivity contribution in [2.24, 2.45) is 11.8 Å². The van der Waals surface area contributed by atoms with E-state index in [1.165, 1.54) is 104 Å². The van der Waals surface area contributed by atoms with Gasteiger partial charge in [0.25, 0.3) is 0 Å². The Bertz CT molecular complexity index is 2270.